The second-order valence-electron chi connectivity index (χ2n) is 5.25. The molecule has 3 heterocycles. The Bertz CT molecular complexity index is 385. The highest BCUT2D eigenvalue weighted by atomic mass is 15.2. The normalized spacial score (nSPS) is 25.7. The van der Waals surface area contributed by atoms with E-state index in [0.29, 0.717) is 6.04 Å². The summed E-state index contributed by atoms with van der Waals surface area (Å²) < 4.78 is 0. The molecule has 17 heavy (non-hydrogen) atoms. The molecule has 2 aliphatic heterocycles. The predicted octanol–water partition coefficient (Wildman–Crippen LogP) is 2.45. The molecule has 0 amide bonds. The van der Waals surface area contributed by atoms with E-state index in [1.807, 2.05) is 6.20 Å². The van der Waals surface area contributed by atoms with Gasteiger partial charge in [0.25, 0.3) is 0 Å². The zero-order valence-electron chi connectivity index (χ0n) is 10.6. The van der Waals surface area contributed by atoms with Crippen molar-refractivity contribution in [2.24, 2.45) is 0 Å². The maximum Gasteiger partial charge on any atom is 0.133 e. The Hall–Kier alpha value is -1.09. The van der Waals surface area contributed by atoms with E-state index in [0.717, 1.165) is 0 Å². The van der Waals surface area contributed by atoms with Gasteiger partial charge in [0.15, 0.2) is 0 Å². The van der Waals surface area contributed by atoms with Crippen LogP contribution in [0.4, 0.5) is 5.82 Å². The number of aromatic nitrogens is 1. The minimum Gasteiger partial charge on any atom is -0.356 e. The average molecular weight is 231 g/mol. The highest BCUT2D eigenvalue weighted by Crippen LogP contribution is 2.35. The highest BCUT2D eigenvalue weighted by Gasteiger charge is 2.27. The Balaban J connectivity index is 1.92. The topological polar surface area (TPSA) is 19.4 Å². The fourth-order valence-electron chi connectivity index (χ4n) is 3.17. The van der Waals surface area contributed by atoms with Crippen molar-refractivity contribution in [3.8, 4) is 0 Å². The van der Waals surface area contributed by atoms with Gasteiger partial charge in [-0.05, 0) is 45.3 Å². The van der Waals surface area contributed by atoms with Crippen LogP contribution in [0.25, 0.3) is 0 Å². The number of nitrogens with zero attached hydrogens (tertiary/aromatic N) is 3. The zero-order chi connectivity index (χ0) is 11.7. The molecule has 1 aromatic heterocycles. The van der Waals surface area contributed by atoms with Crippen LogP contribution in [0.2, 0.25) is 0 Å². The van der Waals surface area contributed by atoms with Crippen molar-refractivity contribution in [2.75, 3.05) is 31.6 Å². The molecule has 2 aliphatic rings. The summed E-state index contributed by atoms with van der Waals surface area (Å²) >= 11 is 0. The Morgan fingerprint density at radius 2 is 2.00 bits per heavy atom. The minimum atomic E-state index is 0.583. The molecule has 3 heteroatoms. The number of likely N-dealkylation sites (tertiary alicyclic amines) is 1. The molecule has 0 spiro atoms. The predicted molar refractivity (Wildman–Crippen MR) is 70.3 cm³/mol. The van der Waals surface area contributed by atoms with Gasteiger partial charge in [-0.2, -0.15) is 0 Å². The molecule has 0 aromatic carbocycles. The van der Waals surface area contributed by atoms with Crippen molar-refractivity contribution in [2.45, 2.75) is 31.7 Å². The van der Waals surface area contributed by atoms with E-state index in [1.54, 1.807) is 0 Å². The second-order valence-corrected chi connectivity index (χ2v) is 5.25. The fourth-order valence-corrected chi connectivity index (χ4v) is 3.17. The first-order valence-electron chi connectivity index (χ1n) is 6.76. The first-order chi connectivity index (χ1) is 8.36. The standard InChI is InChI=1S/C14H21N3/c1-16-9-5-7-13(16)12-6-4-8-15-14(12)17-10-2-3-11-17/h4,6,8,13H,2-3,5,7,9-11H2,1H3/t13-/m1/s1. The Morgan fingerprint density at radius 3 is 2.71 bits per heavy atom. The van der Waals surface area contributed by atoms with E-state index < -0.39 is 0 Å². The molecule has 0 bridgehead atoms. The number of hydrogen-bond acceptors (Lipinski definition) is 3. The van der Waals surface area contributed by atoms with E-state index in [-0.39, 0.29) is 0 Å². The van der Waals surface area contributed by atoms with E-state index in [9.17, 15) is 0 Å². The van der Waals surface area contributed by atoms with Crippen LogP contribution in [0.15, 0.2) is 18.3 Å². The fraction of sp³-hybridized carbons (Fsp3) is 0.643. The third-order valence-corrected chi connectivity index (χ3v) is 4.10. The number of pyridine rings is 1. The van der Waals surface area contributed by atoms with E-state index in [2.05, 4.69) is 34.0 Å². The lowest BCUT2D eigenvalue weighted by Gasteiger charge is -2.26. The molecular weight excluding hydrogens is 210 g/mol. The molecule has 0 N–H and O–H groups in total. The van der Waals surface area contributed by atoms with E-state index in [4.69, 9.17) is 0 Å². The highest BCUT2D eigenvalue weighted by molar-refractivity contribution is 5.49. The summed E-state index contributed by atoms with van der Waals surface area (Å²) in [4.78, 5) is 9.57. The molecule has 2 fully saturated rings. The molecular formula is C14H21N3. The van der Waals surface area contributed by atoms with Crippen molar-refractivity contribution in [3.63, 3.8) is 0 Å². The lowest BCUT2D eigenvalue weighted by Crippen LogP contribution is -2.24. The lowest BCUT2D eigenvalue weighted by molar-refractivity contribution is 0.317. The number of rotatable bonds is 2. The smallest absolute Gasteiger partial charge is 0.133 e. The number of anilines is 1. The van der Waals surface area contributed by atoms with Gasteiger partial charge >= 0.3 is 0 Å². The molecule has 3 rings (SSSR count). The molecule has 1 aromatic rings. The monoisotopic (exact) mass is 231 g/mol. The summed E-state index contributed by atoms with van der Waals surface area (Å²) in [6.45, 7) is 3.58. The van der Waals surface area contributed by atoms with Crippen LogP contribution >= 0.6 is 0 Å². The first-order valence-corrected chi connectivity index (χ1v) is 6.76. The summed E-state index contributed by atoms with van der Waals surface area (Å²) in [5.41, 5.74) is 1.44. The molecule has 2 saturated heterocycles. The van der Waals surface area contributed by atoms with Crippen LogP contribution in [0.5, 0.6) is 0 Å². The van der Waals surface area contributed by atoms with Crippen LogP contribution in [0.3, 0.4) is 0 Å². The maximum absolute atomic E-state index is 4.64. The van der Waals surface area contributed by atoms with E-state index >= 15 is 0 Å². The molecule has 0 unspecified atom stereocenters. The maximum atomic E-state index is 4.64. The van der Waals surface area contributed by atoms with Gasteiger partial charge in [-0.15, -0.1) is 0 Å². The van der Waals surface area contributed by atoms with Crippen LogP contribution in [0.1, 0.15) is 37.3 Å². The van der Waals surface area contributed by atoms with Crippen LogP contribution < -0.4 is 4.90 Å². The van der Waals surface area contributed by atoms with Crippen molar-refractivity contribution >= 4 is 5.82 Å². The average Bonchev–Trinajstić information content (AvgIpc) is 3.00. The van der Waals surface area contributed by atoms with Gasteiger partial charge in [0.05, 0.1) is 0 Å². The van der Waals surface area contributed by atoms with Crippen LogP contribution in [0, 0.1) is 0 Å². The van der Waals surface area contributed by atoms with E-state index in [1.165, 1.54) is 56.7 Å². The minimum absolute atomic E-state index is 0.583. The Labute approximate surface area is 103 Å². The molecule has 0 aliphatic carbocycles. The molecule has 0 saturated carbocycles. The van der Waals surface area contributed by atoms with Gasteiger partial charge in [0, 0.05) is 30.9 Å². The van der Waals surface area contributed by atoms with Crippen molar-refractivity contribution in [1.82, 2.24) is 9.88 Å². The molecule has 1 atom stereocenters. The van der Waals surface area contributed by atoms with Gasteiger partial charge < -0.3 is 4.90 Å². The largest absolute Gasteiger partial charge is 0.356 e. The Kier molecular flexibility index (Phi) is 3.02. The van der Waals surface area contributed by atoms with Gasteiger partial charge in [0.1, 0.15) is 5.82 Å². The molecule has 0 radical (unpaired) electrons. The molecule has 3 nitrogen and oxygen atoms in total. The first kappa shape index (κ1) is 11.0. The summed E-state index contributed by atoms with van der Waals surface area (Å²) in [5, 5.41) is 0. The third-order valence-electron chi connectivity index (χ3n) is 4.10. The number of hydrogen-bond donors (Lipinski definition) is 0. The van der Waals surface area contributed by atoms with Gasteiger partial charge in [-0.25, -0.2) is 4.98 Å². The summed E-state index contributed by atoms with van der Waals surface area (Å²) in [6, 6.07) is 4.94. The SMILES string of the molecule is CN1CCC[C@@H]1c1cccnc1N1CCCC1. The summed E-state index contributed by atoms with van der Waals surface area (Å²) in [7, 11) is 2.23. The third kappa shape index (κ3) is 2.04. The summed E-state index contributed by atoms with van der Waals surface area (Å²) in [6.07, 6.45) is 7.16. The van der Waals surface area contributed by atoms with Gasteiger partial charge in [-0.3, -0.25) is 4.90 Å². The van der Waals surface area contributed by atoms with Crippen LogP contribution in [-0.2, 0) is 0 Å². The lowest BCUT2D eigenvalue weighted by atomic mass is 10.1. The summed E-state index contributed by atoms with van der Waals surface area (Å²) in [5.74, 6) is 1.24. The Morgan fingerprint density at radius 1 is 1.18 bits per heavy atom. The quantitative estimate of drug-likeness (QED) is 0.779. The second kappa shape index (κ2) is 4.65. The van der Waals surface area contributed by atoms with Gasteiger partial charge in [0.2, 0.25) is 0 Å². The van der Waals surface area contributed by atoms with Crippen molar-refractivity contribution < 1.29 is 0 Å². The van der Waals surface area contributed by atoms with Crippen LogP contribution in [-0.4, -0.2) is 36.6 Å². The zero-order valence-corrected chi connectivity index (χ0v) is 10.6. The van der Waals surface area contributed by atoms with Crippen molar-refractivity contribution in [1.29, 1.82) is 0 Å². The van der Waals surface area contributed by atoms with Crippen molar-refractivity contribution in [3.05, 3.63) is 23.9 Å². The molecule has 92 valence electrons. The van der Waals surface area contributed by atoms with Gasteiger partial charge in [-0.1, -0.05) is 6.07 Å².